The van der Waals surface area contributed by atoms with Crippen LogP contribution in [0.4, 0.5) is 11.4 Å². The van der Waals surface area contributed by atoms with Gasteiger partial charge < -0.3 is 9.47 Å². The number of carbonyl (C=O) groups excluding carboxylic acids is 4. The average molecular weight is 597 g/mol. The van der Waals surface area contributed by atoms with Crippen molar-refractivity contribution in [2.24, 2.45) is 0 Å². The minimum absolute atomic E-state index is 0.0585. The maximum Gasteiger partial charge on any atom is 0.234 e. The van der Waals surface area contributed by atoms with Crippen molar-refractivity contribution in [2.75, 3.05) is 9.80 Å². The quantitative estimate of drug-likeness (QED) is 0.247. The van der Waals surface area contributed by atoms with Gasteiger partial charge in [-0.2, -0.15) is 0 Å². The van der Waals surface area contributed by atoms with Crippen LogP contribution in [0.15, 0.2) is 107 Å². The molecule has 43 heavy (non-hydrogen) atoms. The molecule has 0 saturated carbocycles. The zero-order valence-electron chi connectivity index (χ0n) is 22.6. The Bertz CT molecular complexity index is 1710. The fourth-order valence-electron chi connectivity index (χ4n) is 4.88. The van der Waals surface area contributed by atoms with Crippen molar-refractivity contribution in [1.29, 1.82) is 0 Å². The summed E-state index contributed by atoms with van der Waals surface area (Å²) in [7, 11) is -3.85. The smallest absolute Gasteiger partial charge is 0.234 e. The molecule has 4 aromatic rings. The van der Waals surface area contributed by atoms with Gasteiger partial charge in [-0.3, -0.25) is 29.0 Å². The predicted octanol–water partition coefficient (Wildman–Crippen LogP) is 5.41. The fraction of sp³-hybridized carbons (Fsp3) is 0.125. The van der Waals surface area contributed by atoms with Gasteiger partial charge in [-0.15, -0.1) is 0 Å². The molecule has 0 radical (unpaired) electrons. The second kappa shape index (κ2) is 11.2. The first-order valence-corrected chi connectivity index (χ1v) is 14.9. The molecule has 10 nitrogen and oxygen atoms in total. The minimum atomic E-state index is -3.85. The number of benzene rings is 4. The molecule has 216 valence electrons. The van der Waals surface area contributed by atoms with Crippen LogP contribution in [-0.4, -0.2) is 32.0 Å². The Morgan fingerprint density at radius 3 is 1.16 bits per heavy atom. The summed E-state index contributed by atoms with van der Waals surface area (Å²) in [5, 5.41) is 0. The van der Waals surface area contributed by atoms with Crippen molar-refractivity contribution in [3.8, 4) is 23.0 Å². The molecule has 2 aliphatic heterocycles. The highest BCUT2D eigenvalue weighted by molar-refractivity contribution is 7.91. The number of ether oxygens (including phenoxy) is 2. The number of amides is 4. The Kier molecular flexibility index (Phi) is 7.24. The van der Waals surface area contributed by atoms with Gasteiger partial charge in [0.25, 0.3) is 0 Å². The van der Waals surface area contributed by atoms with E-state index >= 15 is 0 Å². The first kappa shape index (κ1) is 27.9. The highest BCUT2D eigenvalue weighted by Gasteiger charge is 2.31. The normalized spacial score (nSPS) is 15.3. The number of sulfone groups is 1. The van der Waals surface area contributed by atoms with Gasteiger partial charge in [-0.25, -0.2) is 8.42 Å². The average Bonchev–Trinajstić information content (AvgIpc) is 3.52. The van der Waals surface area contributed by atoms with Crippen molar-refractivity contribution in [2.45, 2.75) is 35.5 Å². The third kappa shape index (κ3) is 5.62. The Balaban J connectivity index is 1.13. The first-order chi connectivity index (χ1) is 20.7. The lowest BCUT2D eigenvalue weighted by atomic mass is 10.2. The monoisotopic (exact) mass is 596 g/mol. The van der Waals surface area contributed by atoms with E-state index < -0.39 is 9.84 Å². The summed E-state index contributed by atoms with van der Waals surface area (Å²) in [5.74, 6) is 0.464. The molecule has 4 aromatic carbocycles. The van der Waals surface area contributed by atoms with Crippen LogP contribution in [0.3, 0.4) is 0 Å². The van der Waals surface area contributed by atoms with E-state index in [4.69, 9.17) is 9.47 Å². The number of hydrogen-bond donors (Lipinski definition) is 0. The van der Waals surface area contributed by atoms with E-state index in [2.05, 4.69) is 0 Å². The summed E-state index contributed by atoms with van der Waals surface area (Å²) in [6, 6.07) is 24.9. The van der Waals surface area contributed by atoms with Gasteiger partial charge in [-0.1, -0.05) is 12.1 Å². The van der Waals surface area contributed by atoms with Crippen LogP contribution in [0, 0.1) is 0 Å². The summed E-state index contributed by atoms with van der Waals surface area (Å²) in [5.41, 5.74) is 0.835. The Morgan fingerprint density at radius 2 is 0.814 bits per heavy atom. The number of carbonyl (C=O) groups is 4. The molecule has 0 spiro atoms. The number of nitrogens with zero attached hydrogens (tertiary/aromatic N) is 2. The molecule has 2 saturated heterocycles. The lowest BCUT2D eigenvalue weighted by Crippen LogP contribution is -2.28. The summed E-state index contributed by atoms with van der Waals surface area (Å²) >= 11 is 0. The number of rotatable bonds is 8. The van der Waals surface area contributed by atoms with Crippen LogP contribution in [-0.2, 0) is 29.0 Å². The first-order valence-electron chi connectivity index (χ1n) is 13.4. The molecule has 0 unspecified atom stereocenters. The molecule has 0 N–H and O–H groups in total. The molecule has 2 aliphatic rings. The zero-order valence-corrected chi connectivity index (χ0v) is 23.5. The fourth-order valence-corrected chi connectivity index (χ4v) is 6.14. The largest absolute Gasteiger partial charge is 0.457 e. The summed E-state index contributed by atoms with van der Waals surface area (Å²) in [6.45, 7) is 0. The van der Waals surface area contributed by atoms with Gasteiger partial charge in [0.2, 0.25) is 33.5 Å². The van der Waals surface area contributed by atoms with Gasteiger partial charge in [0.05, 0.1) is 21.2 Å². The molecule has 4 amide bonds. The Labute approximate surface area is 247 Å². The van der Waals surface area contributed by atoms with Crippen LogP contribution >= 0.6 is 0 Å². The second-order valence-corrected chi connectivity index (χ2v) is 11.8. The van der Waals surface area contributed by atoms with Crippen molar-refractivity contribution in [1.82, 2.24) is 0 Å². The highest BCUT2D eigenvalue weighted by Crippen LogP contribution is 2.32. The molecule has 2 heterocycles. The van der Waals surface area contributed by atoms with Crippen LogP contribution < -0.4 is 19.3 Å². The maximum absolute atomic E-state index is 13.3. The summed E-state index contributed by atoms with van der Waals surface area (Å²) in [4.78, 5) is 50.6. The minimum Gasteiger partial charge on any atom is -0.457 e. The molecule has 0 aliphatic carbocycles. The predicted molar refractivity (Wildman–Crippen MR) is 155 cm³/mol. The molecule has 2 fully saturated rings. The Morgan fingerprint density at radius 1 is 0.465 bits per heavy atom. The molecule has 0 atom stereocenters. The lowest BCUT2D eigenvalue weighted by Gasteiger charge is -2.15. The van der Waals surface area contributed by atoms with E-state index in [-0.39, 0.29) is 59.1 Å². The molecule has 0 aromatic heterocycles. The van der Waals surface area contributed by atoms with E-state index in [9.17, 15) is 27.6 Å². The van der Waals surface area contributed by atoms with Crippen molar-refractivity contribution >= 4 is 44.8 Å². The zero-order chi connectivity index (χ0) is 30.1. The van der Waals surface area contributed by atoms with E-state index in [1.54, 1.807) is 48.5 Å². The lowest BCUT2D eigenvalue weighted by molar-refractivity contribution is -0.122. The van der Waals surface area contributed by atoms with Crippen molar-refractivity contribution in [3.05, 3.63) is 97.1 Å². The molecular formula is C32H24N2O8S. The number of anilines is 2. The summed E-state index contributed by atoms with van der Waals surface area (Å²) < 4.78 is 38.2. The standard InChI is InChI=1S/C32H24N2O8S/c35-29-15-16-30(36)33(29)21-3-1-5-25(19-21)41-23-7-11-27(12-8-23)43(39,40)28-13-9-24(10-14-28)42-26-6-2-4-22(20-26)34-31(37)17-18-32(34)38/h1-14,19-20H,15-18H2. The maximum atomic E-state index is 13.3. The Hall–Kier alpha value is -5.29. The van der Waals surface area contributed by atoms with Crippen LogP contribution in [0.2, 0.25) is 0 Å². The van der Waals surface area contributed by atoms with Crippen LogP contribution in [0.1, 0.15) is 25.7 Å². The highest BCUT2D eigenvalue weighted by atomic mass is 32.2. The molecular weight excluding hydrogens is 572 g/mol. The molecule has 0 bridgehead atoms. The SMILES string of the molecule is O=C1CCC(=O)N1c1cccc(Oc2ccc(S(=O)(=O)c3ccc(Oc4cccc(N5C(=O)CCC5=O)c4)cc3)cc2)c1. The van der Waals surface area contributed by atoms with Gasteiger partial charge in [0.15, 0.2) is 0 Å². The summed E-state index contributed by atoms with van der Waals surface area (Å²) in [6.07, 6.45) is 0.701. The van der Waals surface area contributed by atoms with E-state index in [0.717, 1.165) is 9.80 Å². The molecule has 11 heteroatoms. The van der Waals surface area contributed by atoms with E-state index in [1.807, 2.05) is 0 Å². The van der Waals surface area contributed by atoms with E-state index in [0.29, 0.717) is 34.4 Å². The number of imide groups is 2. The third-order valence-corrected chi connectivity index (χ3v) is 8.78. The topological polar surface area (TPSA) is 127 Å². The van der Waals surface area contributed by atoms with Crippen molar-refractivity contribution in [3.63, 3.8) is 0 Å². The third-order valence-electron chi connectivity index (χ3n) is 6.99. The van der Waals surface area contributed by atoms with Gasteiger partial charge >= 0.3 is 0 Å². The van der Waals surface area contributed by atoms with Gasteiger partial charge in [0, 0.05) is 37.8 Å². The second-order valence-electron chi connectivity index (χ2n) is 9.89. The van der Waals surface area contributed by atoms with Gasteiger partial charge in [-0.05, 0) is 72.8 Å². The van der Waals surface area contributed by atoms with Gasteiger partial charge in [0.1, 0.15) is 23.0 Å². The van der Waals surface area contributed by atoms with E-state index in [1.165, 1.54) is 48.5 Å². The van der Waals surface area contributed by atoms with Crippen LogP contribution in [0.5, 0.6) is 23.0 Å². The number of hydrogen-bond acceptors (Lipinski definition) is 8. The molecule has 6 rings (SSSR count). The van der Waals surface area contributed by atoms with Crippen LogP contribution in [0.25, 0.3) is 0 Å². The van der Waals surface area contributed by atoms with Crippen molar-refractivity contribution < 1.29 is 37.1 Å².